The largest absolute Gasteiger partial charge is 0.438 e. The molecule has 0 aliphatic heterocycles. The molecule has 1 unspecified atom stereocenters. The molecule has 0 N–H and O–H groups in total. The molecule has 0 aliphatic carbocycles. The lowest BCUT2D eigenvalue weighted by Crippen LogP contribution is -2.25. The highest BCUT2D eigenvalue weighted by atomic mass is 16.7. The van der Waals surface area contributed by atoms with E-state index in [1.165, 1.54) is 51.4 Å². The summed E-state index contributed by atoms with van der Waals surface area (Å²) in [5.74, 6) is -0.192. The number of ether oxygens (including phenoxy) is 2. The number of carbonyl (C=O) groups excluding carboxylic acids is 1. The summed E-state index contributed by atoms with van der Waals surface area (Å²) in [6.45, 7) is 10.1. The number of hydrogen-bond donors (Lipinski definition) is 0. The smallest absolute Gasteiger partial charge is 0.313 e. The van der Waals surface area contributed by atoms with Crippen molar-refractivity contribution in [1.82, 2.24) is 0 Å². The molecule has 0 spiro atoms. The minimum atomic E-state index is -0.457. The van der Waals surface area contributed by atoms with Crippen LogP contribution in [-0.2, 0) is 14.3 Å². The van der Waals surface area contributed by atoms with Crippen LogP contribution in [0, 0.1) is 5.41 Å². The lowest BCUT2D eigenvalue weighted by atomic mass is 9.98. The van der Waals surface area contributed by atoms with E-state index in [0.29, 0.717) is 0 Å². The summed E-state index contributed by atoms with van der Waals surface area (Å²) in [6, 6.07) is 0. The standard InChI is InChI=1S/C19H38O3/c1-6-8-10-11-13-15-17(14-12-9-7-2)21-16-22-18(20)19(3,4)5/h17H,6-16H2,1-5H3. The van der Waals surface area contributed by atoms with Crippen molar-refractivity contribution in [3.63, 3.8) is 0 Å². The molecule has 3 heteroatoms. The number of hydrogen-bond acceptors (Lipinski definition) is 3. The molecule has 132 valence electrons. The molecule has 0 aromatic rings. The van der Waals surface area contributed by atoms with E-state index in [9.17, 15) is 4.79 Å². The maximum Gasteiger partial charge on any atom is 0.313 e. The van der Waals surface area contributed by atoms with Crippen molar-refractivity contribution in [2.45, 2.75) is 105 Å². The average molecular weight is 315 g/mol. The van der Waals surface area contributed by atoms with Crippen LogP contribution in [0.2, 0.25) is 0 Å². The third kappa shape index (κ3) is 12.0. The molecule has 0 saturated heterocycles. The van der Waals surface area contributed by atoms with Gasteiger partial charge in [-0.1, -0.05) is 65.2 Å². The van der Waals surface area contributed by atoms with Gasteiger partial charge in [0.25, 0.3) is 0 Å². The zero-order valence-electron chi connectivity index (χ0n) is 15.6. The zero-order valence-corrected chi connectivity index (χ0v) is 15.6. The minimum Gasteiger partial charge on any atom is -0.438 e. The van der Waals surface area contributed by atoms with Crippen LogP contribution in [-0.4, -0.2) is 18.9 Å². The SMILES string of the molecule is CCCCCCCC(CCCCC)OCOC(=O)C(C)(C)C. The summed E-state index contributed by atoms with van der Waals surface area (Å²) in [5, 5.41) is 0. The van der Waals surface area contributed by atoms with Crippen LogP contribution in [0.15, 0.2) is 0 Å². The molecule has 3 nitrogen and oxygen atoms in total. The van der Waals surface area contributed by atoms with Crippen molar-refractivity contribution in [2.75, 3.05) is 6.79 Å². The molecule has 0 heterocycles. The molecule has 0 amide bonds. The summed E-state index contributed by atoms with van der Waals surface area (Å²) in [6.07, 6.45) is 12.5. The molecule has 0 aromatic heterocycles. The Bertz CT molecular complexity index is 268. The first-order valence-corrected chi connectivity index (χ1v) is 9.20. The highest BCUT2D eigenvalue weighted by Gasteiger charge is 2.23. The van der Waals surface area contributed by atoms with E-state index >= 15 is 0 Å². The van der Waals surface area contributed by atoms with Crippen molar-refractivity contribution in [2.24, 2.45) is 5.41 Å². The van der Waals surface area contributed by atoms with Gasteiger partial charge < -0.3 is 9.47 Å². The first kappa shape index (κ1) is 21.4. The fourth-order valence-corrected chi connectivity index (χ4v) is 2.31. The Morgan fingerprint density at radius 2 is 1.36 bits per heavy atom. The molecule has 0 rings (SSSR count). The van der Waals surface area contributed by atoms with E-state index in [1.54, 1.807) is 0 Å². The van der Waals surface area contributed by atoms with Gasteiger partial charge in [-0.2, -0.15) is 0 Å². The Hall–Kier alpha value is -0.570. The van der Waals surface area contributed by atoms with Gasteiger partial charge in [-0.15, -0.1) is 0 Å². The second-order valence-electron chi connectivity index (χ2n) is 7.29. The maximum absolute atomic E-state index is 11.7. The summed E-state index contributed by atoms with van der Waals surface area (Å²) in [5.41, 5.74) is -0.457. The average Bonchev–Trinajstić information content (AvgIpc) is 2.45. The Morgan fingerprint density at radius 1 is 0.864 bits per heavy atom. The predicted molar refractivity (Wildman–Crippen MR) is 92.8 cm³/mol. The third-order valence-electron chi connectivity index (χ3n) is 3.87. The van der Waals surface area contributed by atoms with E-state index < -0.39 is 5.41 Å². The zero-order chi connectivity index (χ0) is 16.8. The lowest BCUT2D eigenvalue weighted by Gasteiger charge is -2.20. The van der Waals surface area contributed by atoms with E-state index in [2.05, 4.69) is 13.8 Å². The van der Waals surface area contributed by atoms with Crippen LogP contribution in [0.3, 0.4) is 0 Å². The summed E-state index contributed by atoms with van der Waals surface area (Å²) in [7, 11) is 0. The highest BCUT2D eigenvalue weighted by molar-refractivity contribution is 5.75. The molecule has 1 atom stereocenters. The van der Waals surface area contributed by atoms with Crippen molar-refractivity contribution in [1.29, 1.82) is 0 Å². The van der Waals surface area contributed by atoms with Crippen LogP contribution < -0.4 is 0 Å². The lowest BCUT2D eigenvalue weighted by molar-refractivity contribution is -0.170. The van der Waals surface area contributed by atoms with Crippen LogP contribution >= 0.6 is 0 Å². The predicted octanol–water partition coefficient (Wildman–Crippen LogP) is 5.86. The highest BCUT2D eigenvalue weighted by Crippen LogP contribution is 2.17. The molecule has 0 radical (unpaired) electrons. The van der Waals surface area contributed by atoms with Gasteiger partial charge in [0.1, 0.15) is 0 Å². The van der Waals surface area contributed by atoms with Crippen LogP contribution in [0.1, 0.15) is 98.8 Å². The van der Waals surface area contributed by atoms with Gasteiger partial charge in [-0.05, 0) is 33.6 Å². The van der Waals surface area contributed by atoms with Gasteiger partial charge >= 0.3 is 5.97 Å². The van der Waals surface area contributed by atoms with Crippen molar-refractivity contribution >= 4 is 5.97 Å². The van der Waals surface area contributed by atoms with E-state index in [4.69, 9.17) is 9.47 Å². The number of carbonyl (C=O) groups is 1. The van der Waals surface area contributed by atoms with Gasteiger partial charge in [-0.3, -0.25) is 4.79 Å². The van der Waals surface area contributed by atoms with E-state index in [0.717, 1.165) is 12.8 Å². The van der Waals surface area contributed by atoms with E-state index in [1.807, 2.05) is 20.8 Å². The quantitative estimate of drug-likeness (QED) is 0.243. The van der Waals surface area contributed by atoms with Crippen molar-refractivity contribution in [3.8, 4) is 0 Å². The number of esters is 1. The molecular formula is C19H38O3. The van der Waals surface area contributed by atoms with Gasteiger partial charge in [0.15, 0.2) is 6.79 Å². The first-order valence-electron chi connectivity index (χ1n) is 9.20. The van der Waals surface area contributed by atoms with Crippen molar-refractivity contribution in [3.05, 3.63) is 0 Å². The van der Waals surface area contributed by atoms with Crippen LogP contribution in [0.5, 0.6) is 0 Å². The number of unbranched alkanes of at least 4 members (excludes halogenated alkanes) is 6. The van der Waals surface area contributed by atoms with Crippen molar-refractivity contribution < 1.29 is 14.3 Å². The molecular weight excluding hydrogens is 276 g/mol. The van der Waals surface area contributed by atoms with Gasteiger partial charge in [-0.25, -0.2) is 0 Å². The van der Waals surface area contributed by atoms with Gasteiger partial charge in [0, 0.05) is 0 Å². The maximum atomic E-state index is 11.7. The summed E-state index contributed by atoms with van der Waals surface area (Å²) >= 11 is 0. The second-order valence-corrected chi connectivity index (χ2v) is 7.29. The van der Waals surface area contributed by atoms with Crippen LogP contribution in [0.25, 0.3) is 0 Å². The molecule has 0 aliphatic rings. The summed E-state index contributed by atoms with van der Waals surface area (Å²) < 4.78 is 11.0. The third-order valence-corrected chi connectivity index (χ3v) is 3.87. The molecule has 0 aromatic carbocycles. The normalized spacial score (nSPS) is 13.1. The molecule has 22 heavy (non-hydrogen) atoms. The topological polar surface area (TPSA) is 35.5 Å². The Morgan fingerprint density at radius 3 is 1.91 bits per heavy atom. The summed E-state index contributed by atoms with van der Waals surface area (Å²) in [4.78, 5) is 11.7. The fourth-order valence-electron chi connectivity index (χ4n) is 2.31. The van der Waals surface area contributed by atoms with E-state index in [-0.39, 0.29) is 18.9 Å². The monoisotopic (exact) mass is 314 g/mol. The van der Waals surface area contributed by atoms with Gasteiger partial charge in [0.05, 0.1) is 11.5 Å². The first-order chi connectivity index (χ1) is 10.4. The number of rotatable bonds is 13. The fraction of sp³-hybridized carbons (Fsp3) is 0.947. The second kappa shape index (κ2) is 12.9. The Labute approximate surface area is 138 Å². The molecule has 0 bridgehead atoms. The molecule has 0 fully saturated rings. The minimum absolute atomic E-state index is 0.0991. The Balaban J connectivity index is 3.98. The molecule has 0 saturated carbocycles. The Kier molecular flexibility index (Phi) is 12.6. The van der Waals surface area contributed by atoms with Gasteiger partial charge in [0.2, 0.25) is 0 Å². The van der Waals surface area contributed by atoms with Crippen LogP contribution in [0.4, 0.5) is 0 Å².